The highest BCUT2D eigenvalue weighted by molar-refractivity contribution is 5.92. The van der Waals surface area contributed by atoms with E-state index in [1.54, 1.807) is 25.1 Å². The first-order valence-electron chi connectivity index (χ1n) is 10.0. The van der Waals surface area contributed by atoms with Gasteiger partial charge in [-0.1, -0.05) is 12.1 Å². The number of aromatic nitrogens is 2. The molecule has 0 bridgehead atoms. The highest BCUT2D eigenvalue weighted by atomic mass is 19.1. The fraction of sp³-hybridized carbons (Fsp3) is 0.455. The second kappa shape index (κ2) is 9.58. The van der Waals surface area contributed by atoms with Crippen molar-refractivity contribution in [3.05, 3.63) is 58.9 Å². The quantitative estimate of drug-likeness (QED) is 0.811. The summed E-state index contributed by atoms with van der Waals surface area (Å²) in [6.45, 7) is 5.42. The van der Waals surface area contributed by atoms with Gasteiger partial charge >= 0.3 is 0 Å². The molecule has 0 radical (unpaired) electrons. The second-order valence-corrected chi connectivity index (χ2v) is 7.62. The third-order valence-corrected chi connectivity index (χ3v) is 5.27. The molecular formula is C22H27FN4O2. The van der Waals surface area contributed by atoms with Crippen LogP contribution in [0.25, 0.3) is 0 Å². The summed E-state index contributed by atoms with van der Waals surface area (Å²) < 4.78 is 12.9. The van der Waals surface area contributed by atoms with Gasteiger partial charge in [0.2, 0.25) is 5.91 Å². The van der Waals surface area contributed by atoms with Crippen molar-refractivity contribution < 1.29 is 14.0 Å². The maximum atomic E-state index is 12.9. The van der Waals surface area contributed by atoms with Crippen LogP contribution in [-0.2, 0) is 11.3 Å². The number of amides is 2. The van der Waals surface area contributed by atoms with Gasteiger partial charge in [0.25, 0.3) is 5.91 Å². The Morgan fingerprint density at radius 1 is 1.14 bits per heavy atom. The van der Waals surface area contributed by atoms with Crippen molar-refractivity contribution in [3.63, 3.8) is 0 Å². The van der Waals surface area contributed by atoms with E-state index in [-0.39, 0.29) is 17.6 Å². The number of hydrogen-bond acceptors (Lipinski definition) is 4. The molecule has 1 fully saturated rings. The fourth-order valence-electron chi connectivity index (χ4n) is 3.64. The fourth-order valence-corrected chi connectivity index (χ4v) is 3.64. The number of benzene rings is 1. The summed E-state index contributed by atoms with van der Waals surface area (Å²) in [5.74, 6) is 0.711. The largest absolute Gasteiger partial charge is 0.352 e. The molecule has 1 aliphatic rings. The predicted molar refractivity (Wildman–Crippen MR) is 108 cm³/mol. The summed E-state index contributed by atoms with van der Waals surface area (Å²) in [6.07, 6.45) is 3.05. The van der Waals surface area contributed by atoms with Crippen LogP contribution in [0, 0.1) is 25.6 Å². The first-order chi connectivity index (χ1) is 13.9. The van der Waals surface area contributed by atoms with Gasteiger partial charge < -0.3 is 10.2 Å². The molecule has 29 heavy (non-hydrogen) atoms. The Morgan fingerprint density at radius 2 is 1.83 bits per heavy atom. The molecular weight excluding hydrogens is 371 g/mol. The van der Waals surface area contributed by atoms with Gasteiger partial charge in [0.05, 0.1) is 0 Å². The minimum Gasteiger partial charge on any atom is -0.352 e. The highest BCUT2D eigenvalue weighted by Gasteiger charge is 2.25. The maximum absolute atomic E-state index is 12.9. The summed E-state index contributed by atoms with van der Waals surface area (Å²) in [5, 5.41) is 2.88. The van der Waals surface area contributed by atoms with E-state index in [2.05, 4.69) is 15.3 Å². The number of rotatable bonds is 6. The number of nitrogens with zero attached hydrogens (tertiary/aromatic N) is 3. The molecule has 1 aromatic heterocycles. The van der Waals surface area contributed by atoms with E-state index >= 15 is 0 Å². The average Bonchev–Trinajstić information content (AvgIpc) is 2.71. The highest BCUT2D eigenvalue weighted by Crippen LogP contribution is 2.23. The molecule has 0 spiro atoms. The molecule has 0 unspecified atom stereocenters. The third-order valence-electron chi connectivity index (χ3n) is 5.27. The van der Waals surface area contributed by atoms with Crippen molar-refractivity contribution in [2.45, 2.75) is 46.1 Å². The number of carbonyl (C=O) groups excluding carboxylic acids is 2. The van der Waals surface area contributed by atoms with Gasteiger partial charge in [0.1, 0.15) is 17.3 Å². The lowest BCUT2D eigenvalue weighted by Crippen LogP contribution is -2.39. The molecule has 6 nitrogen and oxygen atoms in total. The van der Waals surface area contributed by atoms with E-state index in [0.29, 0.717) is 43.5 Å². The Morgan fingerprint density at radius 3 is 2.48 bits per heavy atom. The van der Waals surface area contributed by atoms with Gasteiger partial charge in [-0.15, -0.1) is 0 Å². The number of nitrogens with one attached hydrogen (secondary N) is 1. The van der Waals surface area contributed by atoms with E-state index in [0.717, 1.165) is 30.5 Å². The van der Waals surface area contributed by atoms with Crippen LogP contribution in [-0.4, -0.2) is 39.8 Å². The predicted octanol–water partition coefficient (Wildman–Crippen LogP) is 3.18. The van der Waals surface area contributed by atoms with Crippen molar-refractivity contribution in [2.24, 2.45) is 5.92 Å². The first kappa shape index (κ1) is 20.9. The monoisotopic (exact) mass is 398 g/mol. The zero-order valence-corrected chi connectivity index (χ0v) is 16.9. The van der Waals surface area contributed by atoms with Crippen LogP contribution in [0.4, 0.5) is 4.39 Å². The zero-order valence-electron chi connectivity index (χ0n) is 16.9. The summed E-state index contributed by atoms with van der Waals surface area (Å²) in [6, 6.07) is 7.85. The maximum Gasteiger partial charge on any atom is 0.272 e. The second-order valence-electron chi connectivity index (χ2n) is 7.62. The van der Waals surface area contributed by atoms with Gasteiger partial charge in [-0.3, -0.25) is 9.59 Å². The topological polar surface area (TPSA) is 75.2 Å². The minimum atomic E-state index is -0.283. The van der Waals surface area contributed by atoms with Crippen LogP contribution >= 0.6 is 0 Å². The molecule has 2 aromatic rings. The number of carbonyl (C=O) groups is 2. The minimum absolute atomic E-state index is 0.000216. The molecule has 1 aromatic carbocycles. The summed E-state index contributed by atoms with van der Waals surface area (Å²) in [7, 11) is 0. The molecule has 0 aliphatic carbocycles. The number of hydrogen-bond donors (Lipinski definition) is 1. The number of piperidine rings is 1. The van der Waals surface area contributed by atoms with Crippen molar-refractivity contribution in [2.75, 3.05) is 13.1 Å². The first-order valence-corrected chi connectivity index (χ1v) is 10.0. The van der Waals surface area contributed by atoms with Gasteiger partial charge in [-0.05, 0) is 62.8 Å². The lowest BCUT2D eigenvalue weighted by Gasteiger charge is -2.31. The molecule has 154 valence electrons. The Kier molecular flexibility index (Phi) is 6.90. The molecule has 0 saturated carbocycles. The smallest absolute Gasteiger partial charge is 0.272 e. The molecule has 3 rings (SSSR count). The molecule has 1 N–H and O–H groups in total. The van der Waals surface area contributed by atoms with Gasteiger partial charge in [-0.2, -0.15) is 0 Å². The standard InChI is InChI=1S/C22H27FN4O2/c1-15-13-20(26-16(2)25-15)22(29)27-11-9-17(10-12-27)5-8-21(28)24-14-18-3-6-19(23)7-4-18/h3-4,6-7,13,17H,5,8-12,14H2,1-2H3,(H,24,28). The van der Waals surface area contributed by atoms with Crippen molar-refractivity contribution in [1.29, 1.82) is 0 Å². The number of aryl methyl sites for hydroxylation is 2. The van der Waals surface area contributed by atoms with E-state index in [1.165, 1.54) is 12.1 Å². The Labute approximate surface area is 170 Å². The molecule has 1 aliphatic heterocycles. The van der Waals surface area contributed by atoms with Gasteiger partial charge in [0.15, 0.2) is 0 Å². The summed E-state index contributed by atoms with van der Waals surface area (Å²) in [4.78, 5) is 35.1. The van der Waals surface area contributed by atoms with Crippen LogP contribution < -0.4 is 5.32 Å². The Balaban J connectivity index is 1.39. The number of likely N-dealkylation sites (tertiary alicyclic amines) is 1. The Hall–Kier alpha value is -2.83. The summed E-state index contributed by atoms with van der Waals surface area (Å²) >= 11 is 0. The molecule has 7 heteroatoms. The van der Waals surface area contributed by atoms with Crippen molar-refractivity contribution in [1.82, 2.24) is 20.2 Å². The average molecular weight is 398 g/mol. The normalized spacial score (nSPS) is 14.7. The van der Waals surface area contributed by atoms with Crippen LogP contribution in [0.15, 0.2) is 30.3 Å². The van der Waals surface area contributed by atoms with Gasteiger partial charge in [0, 0.05) is 31.7 Å². The van der Waals surface area contributed by atoms with E-state index < -0.39 is 0 Å². The van der Waals surface area contributed by atoms with Gasteiger partial charge in [-0.25, -0.2) is 14.4 Å². The summed E-state index contributed by atoms with van der Waals surface area (Å²) in [5.41, 5.74) is 2.12. The SMILES string of the molecule is Cc1cc(C(=O)N2CCC(CCC(=O)NCc3ccc(F)cc3)CC2)nc(C)n1. The third kappa shape index (κ3) is 6.07. The van der Waals surface area contributed by atoms with Crippen molar-refractivity contribution >= 4 is 11.8 Å². The molecule has 1 saturated heterocycles. The molecule has 2 amide bonds. The molecule has 0 atom stereocenters. The van der Waals surface area contributed by atoms with Crippen LogP contribution in [0.2, 0.25) is 0 Å². The zero-order chi connectivity index (χ0) is 20.8. The van der Waals surface area contributed by atoms with Crippen molar-refractivity contribution in [3.8, 4) is 0 Å². The Bertz CT molecular complexity index is 841. The lowest BCUT2D eigenvalue weighted by atomic mass is 9.92. The lowest BCUT2D eigenvalue weighted by molar-refractivity contribution is -0.121. The number of halogens is 1. The van der Waals surface area contributed by atoms with Crippen LogP contribution in [0.1, 0.15) is 53.3 Å². The van der Waals surface area contributed by atoms with E-state index in [9.17, 15) is 14.0 Å². The van der Waals surface area contributed by atoms with Crippen LogP contribution in [0.5, 0.6) is 0 Å². The van der Waals surface area contributed by atoms with E-state index in [1.807, 2.05) is 11.8 Å². The van der Waals surface area contributed by atoms with Crippen LogP contribution in [0.3, 0.4) is 0 Å². The molecule has 2 heterocycles. The van der Waals surface area contributed by atoms with E-state index in [4.69, 9.17) is 0 Å².